The summed E-state index contributed by atoms with van der Waals surface area (Å²) in [6.07, 6.45) is 0.753. The summed E-state index contributed by atoms with van der Waals surface area (Å²) in [5, 5.41) is 3.39. The second kappa shape index (κ2) is 6.39. The van der Waals surface area contributed by atoms with E-state index in [2.05, 4.69) is 27.6 Å². The molecule has 4 N–H and O–H groups in total. The van der Waals surface area contributed by atoms with Gasteiger partial charge in [0.1, 0.15) is 17.5 Å². The van der Waals surface area contributed by atoms with Crippen molar-refractivity contribution < 1.29 is 0 Å². The average molecular weight is 312 g/mol. The lowest BCUT2D eigenvalue weighted by atomic mass is 10.2. The van der Waals surface area contributed by atoms with Crippen LogP contribution in [0.2, 0.25) is 4.34 Å². The number of anilines is 2. The van der Waals surface area contributed by atoms with Crippen LogP contribution in [0.15, 0.2) is 12.1 Å². The molecule has 5 nitrogen and oxygen atoms in total. The topological polar surface area (TPSA) is 75.9 Å². The van der Waals surface area contributed by atoms with Crippen molar-refractivity contribution in [1.82, 2.24) is 9.97 Å². The van der Waals surface area contributed by atoms with Gasteiger partial charge in [0, 0.05) is 16.9 Å². The van der Waals surface area contributed by atoms with Gasteiger partial charge in [-0.1, -0.05) is 18.5 Å². The van der Waals surface area contributed by atoms with Crippen molar-refractivity contribution >= 4 is 34.6 Å². The van der Waals surface area contributed by atoms with Gasteiger partial charge in [-0.05, 0) is 26.0 Å². The van der Waals surface area contributed by atoms with Crippen molar-refractivity contribution in [3.63, 3.8) is 0 Å². The second-order valence-electron chi connectivity index (χ2n) is 4.47. The van der Waals surface area contributed by atoms with Gasteiger partial charge in [0.15, 0.2) is 0 Å². The SMILES string of the molecule is CCc1nc(NN)c(C)c(NC(C)c2ccc(Cl)s2)n1. The van der Waals surface area contributed by atoms with Gasteiger partial charge in [0.2, 0.25) is 0 Å². The van der Waals surface area contributed by atoms with Crippen molar-refractivity contribution in [2.24, 2.45) is 5.84 Å². The van der Waals surface area contributed by atoms with E-state index in [-0.39, 0.29) is 6.04 Å². The first-order valence-corrected chi connectivity index (χ1v) is 7.60. The van der Waals surface area contributed by atoms with E-state index < -0.39 is 0 Å². The number of nitrogen functional groups attached to an aromatic ring is 1. The molecule has 1 atom stereocenters. The Morgan fingerprint density at radius 2 is 2.05 bits per heavy atom. The molecular formula is C13H18ClN5S. The summed E-state index contributed by atoms with van der Waals surface area (Å²) in [4.78, 5) is 10.0. The van der Waals surface area contributed by atoms with Crippen molar-refractivity contribution in [3.05, 3.63) is 32.7 Å². The number of hydrogen-bond acceptors (Lipinski definition) is 6. The number of nitrogens with two attached hydrogens (primary N) is 1. The van der Waals surface area contributed by atoms with Crippen LogP contribution in [0.4, 0.5) is 11.6 Å². The minimum Gasteiger partial charge on any atom is -0.362 e. The molecule has 0 bridgehead atoms. The van der Waals surface area contributed by atoms with Gasteiger partial charge in [0.05, 0.1) is 10.4 Å². The van der Waals surface area contributed by atoms with Crippen LogP contribution in [0, 0.1) is 6.92 Å². The smallest absolute Gasteiger partial charge is 0.148 e. The van der Waals surface area contributed by atoms with Crippen molar-refractivity contribution in [2.45, 2.75) is 33.2 Å². The Labute approximate surface area is 127 Å². The summed E-state index contributed by atoms with van der Waals surface area (Å²) in [7, 11) is 0. The van der Waals surface area contributed by atoms with Crippen molar-refractivity contribution in [2.75, 3.05) is 10.7 Å². The molecule has 7 heteroatoms. The van der Waals surface area contributed by atoms with E-state index in [9.17, 15) is 0 Å². The molecule has 0 spiro atoms. The number of hydrogen-bond donors (Lipinski definition) is 3. The molecular weight excluding hydrogens is 294 g/mol. The van der Waals surface area contributed by atoms with Gasteiger partial charge in [-0.2, -0.15) is 0 Å². The number of hydrazine groups is 1. The molecule has 20 heavy (non-hydrogen) atoms. The molecule has 0 fully saturated rings. The van der Waals surface area contributed by atoms with Crippen LogP contribution in [-0.2, 0) is 6.42 Å². The number of aryl methyl sites for hydroxylation is 1. The van der Waals surface area contributed by atoms with Crippen LogP contribution in [0.25, 0.3) is 0 Å². The molecule has 0 aliphatic carbocycles. The minimum absolute atomic E-state index is 0.122. The average Bonchev–Trinajstić information content (AvgIpc) is 2.87. The van der Waals surface area contributed by atoms with Gasteiger partial charge in [-0.3, -0.25) is 0 Å². The number of halogens is 1. The molecule has 0 amide bonds. The molecule has 0 aromatic carbocycles. The summed E-state index contributed by atoms with van der Waals surface area (Å²) in [6, 6.07) is 4.04. The summed E-state index contributed by atoms with van der Waals surface area (Å²) < 4.78 is 0.784. The monoisotopic (exact) mass is 311 g/mol. The Morgan fingerprint density at radius 3 is 2.60 bits per heavy atom. The Balaban J connectivity index is 2.28. The van der Waals surface area contributed by atoms with Gasteiger partial charge < -0.3 is 10.7 Å². The standard InChI is InChI=1S/C13H18ClN5S/c1-4-11-17-12(7(2)13(18-11)19-15)16-8(3)9-5-6-10(14)20-9/h5-6,8H,4,15H2,1-3H3,(H2,16,17,18,19). The lowest BCUT2D eigenvalue weighted by Crippen LogP contribution is -2.16. The molecule has 108 valence electrons. The molecule has 0 aliphatic heterocycles. The fourth-order valence-electron chi connectivity index (χ4n) is 1.84. The molecule has 2 rings (SSSR count). The first-order valence-electron chi connectivity index (χ1n) is 6.41. The number of aromatic nitrogens is 2. The minimum atomic E-state index is 0.122. The highest BCUT2D eigenvalue weighted by molar-refractivity contribution is 7.16. The summed E-state index contributed by atoms with van der Waals surface area (Å²) in [5.74, 6) is 7.70. The Morgan fingerprint density at radius 1 is 1.35 bits per heavy atom. The van der Waals surface area contributed by atoms with Crippen LogP contribution >= 0.6 is 22.9 Å². The number of thiophene rings is 1. The Kier molecular flexibility index (Phi) is 4.80. The molecule has 1 unspecified atom stereocenters. The lowest BCUT2D eigenvalue weighted by molar-refractivity contribution is 0.865. The Hall–Kier alpha value is -1.37. The first-order chi connectivity index (χ1) is 9.55. The fourth-order valence-corrected chi connectivity index (χ4v) is 2.90. The third-order valence-electron chi connectivity index (χ3n) is 3.02. The van der Waals surface area contributed by atoms with Gasteiger partial charge in [-0.25, -0.2) is 15.8 Å². The number of nitrogens with one attached hydrogen (secondary N) is 2. The zero-order chi connectivity index (χ0) is 14.7. The molecule has 0 aliphatic rings. The molecule has 2 aromatic rings. The molecule has 0 saturated heterocycles. The van der Waals surface area contributed by atoms with E-state index in [1.165, 1.54) is 0 Å². The van der Waals surface area contributed by atoms with E-state index in [0.717, 1.165) is 32.8 Å². The highest BCUT2D eigenvalue weighted by Gasteiger charge is 2.14. The summed E-state index contributed by atoms with van der Waals surface area (Å²) in [6.45, 7) is 6.02. The molecule has 0 saturated carbocycles. The first kappa shape index (κ1) is 15.0. The zero-order valence-corrected chi connectivity index (χ0v) is 13.3. The largest absolute Gasteiger partial charge is 0.362 e. The maximum absolute atomic E-state index is 5.97. The van der Waals surface area contributed by atoms with Crippen LogP contribution in [0.1, 0.15) is 36.2 Å². The fraction of sp³-hybridized carbons (Fsp3) is 0.385. The van der Waals surface area contributed by atoms with Gasteiger partial charge >= 0.3 is 0 Å². The van der Waals surface area contributed by atoms with E-state index in [1.54, 1.807) is 11.3 Å². The normalized spacial score (nSPS) is 12.2. The number of rotatable bonds is 5. The van der Waals surface area contributed by atoms with Crippen LogP contribution in [-0.4, -0.2) is 9.97 Å². The zero-order valence-electron chi connectivity index (χ0n) is 11.7. The molecule has 0 radical (unpaired) electrons. The van der Waals surface area contributed by atoms with Gasteiger partial charge in [-0.15, -0.1) is 11.3 Å². The maximum Gasteiger partial charge on any atom is 0.148 e. The second-order valence-corrected chi connectivity index (χ2v) is 6.21. The quantitative estimate of drug-likeness (QED) is 0.582. The highest BCUT2D eigenvalue weighted by Crippen LogP contribution is 2.30. The van der Waals surface area contributed by atoms with E-state index in [4.69, 9.17) is 17.4 Å². The van der Waals surface area contributed by atoms with E-state index in [1.807, 2.05) is 26.0 Å². The predicted molar refractivity (Wildman–Crippen MR) is 85.3 cm³/mol. The van der Waals surface area contributed by atoms with Crippen LogP contribution in [0.5, 0.6) is 0 Å². The van der Waals surface area contributed by atoms with Gasteiger partial charge in [0.25, 0.3) is 0 Å². The van der Waals surface area contributed by atoms with Crippen molar-refractivity contribution in [3.8, 4) is 0 Å². The number of nitrogens with zero attached hydrogens (tertiary/aromatic N) is 2. The van der Waals surface area contributed by atoms with E-state index >= 15 is 0 Å². The molecule has 2 heterocycles. The van der Waals surface area contributed by atoms with E-state index in [0.29, 0.717) is 5.82 Å². The lowest BCUT2D eigenvalue weighted by Gasteiger charge is -2.17. The third kappa shape index (κ3) is 3.20. The van der Waals surface area contributed by atoms with Crippen molar-refractivity contribution in [1.29, 1.82) is 0 Å². The summed E-state index contributed by atoms with van der Waals surface area (Å²) >= 11 is 7.53. The maximum atomic E-state index is 5.97. The predicted octanol–water partition coefficient (Wildman–Crippen LogP) is 3.52. The third-order valence-corrected chi connectivity index (χ3v) is 4.43. The molecule has 2 aromatic heterocycles. The highest BCUT2D eigenvalue weighted by atomic mass is 35.5. The van der Waals surface area contributed by atoms with Crippen LogP contribution in [0.3, 0.4) is 0 Å². The Bertz CT molecular complexity index is 598. The summed E-state index contributed by atoms with van der Waals surface area (Å²) in [5.41, 5.74) is 3.52. The van der Waals surface area contributed by atoms with Crippen LogP contribution < -0.4 is 16.6 Å².